The van der Waals surface area contributed by atoms with Crippen LogP contribution < -0.4 is 10.5 Å². The smallest absolute Gasteiger partial charge is 0.123 e. The first-order chi connectivity index (χ1) is 6.77. The van der Waals surface area contributed by atoms with Crippen molar-refractivity contribution in [3.05, 3.63) is 29.8 Å². The van der Waals surface area contributed by atoms with Gasteiger partial charge in [-0.15, -0.1) is 0 Å². The van der Waals surface area contributed by atoms with Crippen LogP contribution in [-0.2, 0) is 6.54 Å². The third-order valence-corrected chi connectivity index (χ3v) is 2.03. The Morgan fingerprint density at radius 3 is 2.79 bits per heavy atom. The van der Waals surface area contributed by atoms with Crippen LogP contribution in [0.4, 0.5) is 0 Å². The van der Waals surface area contributed by atoms with Gasteiger partial charge in [-0.25, -0.2) is 0 Å². The molecule has 0 aliphatic carbocycles. The van der Waals surface area contributed by atoms with Crippen LogP contribution in [0.1, 0.15) is 12.5 Å². The van der Waals surface area contributed by atoms with E-state index >= 15 is 0 Å². The number of benzene rings is 1. The number of rotatable bonds is 5. The number of hydrogen-bond acceptors (Lipinski definition) is 3. The highest BCUT2D eigenvalue weighted by molar-refractivity contribution is 5.32. The Labute approximate surface area is 84.5 Å². The molecule has 0 aliphatic rings. The molecule has 1 aromatic carbocycles. The molecule has 14 heavy (non-hydrogen) atoms. The van der Waals surface area contributed by atoms with Gasteiger partial charge in [-0.1, -0.05) is 25.1 Å². The predicted molar refractivity (Wildman–Crippen MR) is 56.1 cm³/mol. The second-order valence-electron chi connectivity index (χ2n) is 3.41. The number of aliphatic hydroxyl groups excluding tert-OH is 1. The minimum absolute atomic E-state index is 0.144. The van der Waals surface area contributed by atoms with Crippen molar-refractivity contribution < 1.29 is 9.84 Å². The van der Waals surface area contributed by atoms with Crippen molar-refractivity contribution >= 4 is 0 Å². The fourth-order valence-corrected chi connectivity index (χ4v) is 1.10. The Kier molecular flexibility index (Phi) is 4.43. The normalized spacial score (nSPS) is 12.5. The summed E-state index contributed by atoms with van der Waals surface area (Å²) >= 11 is 0. The van der Waals surface area contributed by atoms with Gasteiger partial charge >= 0.3 is 0 Å². The lowest BCUT2D eigenvalue weighted by molar-refractivity contribution is 0.173. The maximum absolute atomic E-state index is 8.83. The summed E-state index contributed by atoms with van der Waals surface area (Å²) in [5, 5.41) is 8.83. The van der Waals surface area contributed by atoms with Crippen LogP contribution in [0.2, 0.25) is 0 Å². The molecule has 0 aliphatic heterocycles. The Hall–Kier alpha value is -1.06. The molecule has 0 aromatic heterocycles. The van der Waals surface area contributed by atoms with Gasteiger partial charge in [0.15, 0.2) is 0 Å². The van der Waals surface area contributed by atoms with E-state index in [1.807, 2.05) is 31.2 Å². The van der Waals surface area contributed by atoms with E-state index in [1.165, 1.54) is 0 Å². The zero-order valence-electron chi connectivity index (χ0n) is 8.44. The van der Waals surface area contributed by atoms with Crippen LogP contribution in [-0.4, -0.2) is 18.3 Å². The number of nitrogens with two attached hydrogens (primary N) is 1. The molecule has 0 spiro atoms. The van der Waals surface area contributed by atoms with Crippen LogP contribution in [0.5, 0.6) is 5.75 Å². The molecule has 0 saturated heterocycles. The molecule has 3 N–H and O–H groups in total. The first-order valence-electron chi connectivity index (χ1n) is 4.79. The monoisotopic (exact) mass is 195 g/mol. The molecule has 1 unspecified atom stereocenters. The van der Waals surface area contributed by atoms with Gasteiger partial charge < -0.3 is 15.6 Å². The fourth-order valence-electron chi connectivity index (χ4n) is 1.10. The largest absolute Gasteiger partial charge is 0.493 e. The molecule has 3 nitrogen and oxygen atoms in total. The van der Waals surface area contributed by atoms with Gasteiger partial charge in [-0.3, -0.25) is 0 Å². The maximum Gasteiger partial charge on any atom is 0.123 e. The van der Waals surface area contributed by atoms with Crippen LogP contribution in [0.15, 0.2) is 24.3 Å². The lowest BCUT2D eigenvalue weighted by Crippen LogP contribution is -2.13. The van der Waals surface area contributed by atoms with Crippen LogP contribution in [0.3, 0.4) is 0 Å². The lowest BCUT2D eigenvalue weighted by atomic mass is 10.2. The first kappa shape index (κ1) is 11.0. The van der Waals surface area contributed by atoms with Gasteiger partial charge in [0.2, 0.25) is 0 Å². The van der Waals surface area contributed by atoms with Crippen molar-refractivity contribution in [1.82, 2.24) is 0 Å². The molecule has 1 rings (SSSR count). The van der Waals surface area contributed by atoms with Gasteiger partial charge in [-0.2, -0.15) is 0 Å². The van der Waals surface area contributed by atoms with E-state index in [0.717, 1.165) is 11.3 Å². The number of para-hydroxylation sites is 1. The Bertz CT molecular complexity index is 276. The summed E-state index contributed by atoms with van der Waals surface area (Å²) in [4.78, 5) is 0. The van der Waals surface area contributed by atoms with E-state index in [-0.39, 0.29) is 12.5 Å². The molecular weight excluding hydrogens is 178 g/mol. The average Bonchev–Trinajstić information content (AvgIpc) is 2.26. The van der Waals surface area contributed by atoms with Gasteiger partial charge in [0.25, 0.3) is 0 Å². The summed E-state index contributed by atoms with van der Waals surface area (Å²) in [6, 6.07) is 7.69. The van der Waals surface area contributed by atoms with Crippen LogP contribution in [0, 0.1) is 5.92 Å². The zero-order chi connectivity index (χ0) is 10.4. The quantitative estimate of drug-likeness (QED) is 0.741. The fraction of sp³-hybridized carbons (Fsp3) is 0.455. The molecule has 0 saturated carbocycles. The molecule has 0 fully saturated rings. The van der Waals surface area contributed by atoms with E-state index < -0.39 is 0 Å². The second kappa shape index (κ2) is 5.62. The van der Waals surface area contributed by atoms with Crippen molar-refractivity contribution in [2.24, 2.45) is 11.7 Å². The van der Waals surface area contributed by atoms with Gasteiger partial charge in [-0.05, 0) is 6.07 Å². The highest BCUT2D eigenvalue weighted by Crippen LogP contribution is 2.17. The molecule has 3 heteroatoms. The predicted octanol–water partition coefficient (Wildman–Crippen LogP) is 1.15. The van der Waals surface area contributed by atoms with Crippen molar-refractivity contribution in [2.45, 2.75) is 13.5 Å². The van der Waals surface area contributed by atoms with Crippen molar-refractivity contribution in [1.29, 1.82) is 0 Å². The molecule has 0 radical (unpaired) electrons. The van der Waals surface area contributed by atoms with Crippen molar-refractivity contribution in [3.63, 3.8) is 0 Å². The van der Waals surface area contributed by atoms with E-state index in [2.05, 4.69) is 0 Å². The molecule has 0 amide bonds. The molecule has 78 valence electrons. The molecular formula is C11H17NO2. The van der Waals surface area contributed by atoms with E-state index in [4.69, 9.17) is 15.6 Å². The summed E-state index contributed by atoms with van der Waals surface area (Å²) in [6.45, 7) is 3.08. The summed E-state index contributed by atoms with van der Waals surface area (Å²) in [5.74, 6) is 0.969. The second-order valence-corrected chi connectivity index (χ2v) is 3.41. The zero-order valence-corrected chi connectivity index (χ0v) is 8.44. The topological polar surface area (TPSA) is 55.5 Å². The van der Waals surface area contributed by atoms with Crippen molar-refractivity contribution in [2.75, 3.05) is 13.2 Å². The van der Waals surface area contributed by atoms with E-state index in [0.29, 0.717) is 13.2 Å². The number of hydrogen-bond donors (Lipinski definition) is 2. The van der Waals surface area contributed by atoms with Crippen LogP contribution in [0.25, 0.3) is 0 Å². The third kappa shape index (κ3) is 3.01. The third-order valence-electron chi connectivity index (χ3n) is 2.03. The molecule has 0 heterocycles. The molecule has 1 atom stereocenters. The average molecular weight is 195 g/mol. The molecule has 1 aromatic rings. The lowest BCUT2D eigenvalue weighted by Gasteiger charge is -2.12. The van der Waals surface area contributed by atoms with E-state index in [1.54, 1.807) is 0 Å². The van der Waals surface area contributed by atoms with Crippen molar-refractivity contribution in [3.8, 4) is 5.75 Å². The van der Waals surface area contributed by atoms with Crippen LogP contribution >= 0.6 is 0 Å². The minimum atomic E-state index is 0.144. The van der Waals surface area contributed by atoms with Gasteiger partial charge in [0, 0.05) is 24.6 Å². The highest BCUT2D eigenvalue weighted by Gasteiger charge is 2.04. The molecule has 0 bridgehead atoms. The Morgan fingerprint density at radius 1 is 1.43 bits per heavy atom. The highest BCUT2D eigenvalue weighted by atomic mass is 16.5. The Balaban J connectivity index is 2.57. The summed E-state index contributed by atoms with van der Waals surface area (Å²) in [5.41, 5.74) is 6.56. The summed E-state index contributed by atoms with van der Waals surface area (Å²) in [7, 11) is 0. The number of ether oxygens (including phenoxy) is 1. The number of aliphatic hydroxyl groups is 1. The summed E-state index contributed by atoms with van der Waals surface area (Å²) in [6.07, 6.45) is 0. The van der Waals surface area contributed by atoms with Gasteiger partial charge in [0.1, 0.15) is 5.75 Å². The standard InChI is InChI=1S/C11H17NO2/c1-9(7-13)8-14-11-5-3-2-4-10(11)6-12/h2-5,9,13H,6-8,12H2,1H3. The SMILES string of the molecule is CC(CO)COc1ccccc1CN. The first-order valence-corrected chi connectivity index (χ1v) is 4.79. The van der Waals surface area contributed by atoms with E-state index in [9.17, 15) is 0 Å². The summed E-state index contributed by atoms with van der Waals surface area (Å²) < 4.78 is 5.54. The Morgan fingerprint density at radius 2 is 2.14 bits per heavy atom. The minimum Gasteiger partial charge on any atom is -0.493 e. The maximum atomic E-state index is 8.83. The van der Waals surface area contributed by atoms with Gasteiger partial charge in [0.05, 0.1) is 6.61 Å².